The van der Waals surface area contributed by atoms with Gasteiger partial charge >= 0.3 is 5.97 Å². The van der Waals surface area contributed by atoms with Gasteiger partial charge in [0.2, 0.25) is 10.0 Å². The number of aliphatic hydroxyl groups excluding tert-OH is 22. The number of sulfonamides is 1. The number of aryl methyl sites for hydroxylation is 1. The van der Waals surface area contributed by atoms with Gasteiger partial charge in [-0.05, 0) is 42.6 Å². The summed E-state index contributed by atoms with van der Waals surface area (Å²) >= 11 is 0. The molecule has 23 N–H and O–H groups in total. The molecule has 47 nitrogen and oxygen atoms in total. The van der Waals surface area contributed by atoms with Gasteiger partial charge in [0, 0.05) is 25.2 Å². The van der Waals surface area contributed by atoms with Crippen LogP contribution < -0.4 is 9.62 Å². The molecule has 0 amide bonds. The molecule has 49 heteroatoms. The van der Waals surface area contributed by atoms with E-state index in [4.69, 9.17) is 84.7 Å². The lowest BCUT2D eigenvalue weighted by Crippen LogP contribution is -2.69. The van der Waals surface area contributed by atoms with Gasteiger partial charge in [0.1, 0.15) is 208 Å². The zero-order valence-corrected chi connectivity index (χ0v) is 64.4. The molecule has 0 spiro atoms. The summed E-state index contributed by atoms with van der Waals surface area (Å²) in [6.45, 7) is -8.86. The van der Waals surface area contributed by atoms with Gasteiger partial charge in [0.05, 0.1) is 56.0 Å². The molecule has 118 heavy (non-hydrogen) atoms. The lowest BCUT2D eigenvalue weighted by Gasteiger charge is -2.50. The number of benzene rings is 3. The van der Waals surface area contributed by atoms with Gasteiger partial charge in [0.15, 0.2) is 50.3 Å². The summed E-state index contributed by atoms with van der Waals surface area (Å²) in [5, 5.41) is 253. The number of rotatable bonds is 17. The number of nitrogens with zero attached hydrogens (tertiary/aromatic N) is 1. The summed E-state index contributed by atoms with van der Waals surface area (Å²) in [5.41, 5.74) is 1.38. The molecule has 30 fully saturated rings. The smallest absolute Gasteiger partial charge is 0.321 e. The zero-order chi connectivity index (χ0) is 85.6. The SMILES string of the molecule is Cc1ccc(S(=O)(=O)OC[C@H]2O[C@@H]3O[C@H]4[C@H](O)[C@@H](O)[C@@H](O[C@H]5[C@H](O)[C@@H](O)[C@@H](O[C@H]6[C@H](O)[C@@H](O)[C@@H](O[C@H]7[C@H](O)[C@@H](O)[C@@H](O[C@H]8[C@H](O)[C@@H](O)[C@@H](O[C@H]9[C@H](O)[C@@H](O)[C@@H](O[C@H]%10[C@H](O)[C@@H](O)[C@@H](O[C@H]2[C@H](O)[C@H]3O)O[C@@H]%10CO)O[C@@H]9CO)O[C@@H]8CO)O[C@@H]7COC(=O)CNS(=O)(=O)c2ccc3c(N(C)C)cccc3c2)O[C@@H]6CO)O[C@@H]5CO)O[C@@H]4CO)cc1. The summed E-state index contributed by atoms with van der Waals surface area (Å²) in [6, 6.07) is 14.5. The molecule has 30 aliphatic heterocycles. The van der Waals surface area contributed by atoms with Crippen molar-refractivity contribution in [2.24, 2.45) is 0 Å². The summed E-state index contributed by atoms with van der Waals surface area (Å²) in [6.07, 6.45) is -88.3. The lowest BCUT2D eigenvalue weighted by molar-refractivity contribution is -0.404. The highest BCUT2D eigenvalue weighted by atomic mass is 32.2. The van der Waals surface area contributed by atoms with Crippen molar-refractivity contribution in [3.63, 3.8) is 0 Å². The first-order valence-electron chi connectivity index (χ1n) is 37.3. The quantitative estimate of drug-likeness (QED) is 0.0441. The first kappa shape index (κ1) is 92.7. The Morgan fingerprint density at radius 3 is 0.915 bits per heavy atom. The maximum atomic E-state index is 13.7. The van der Waals surface area contributed by atoms with Gasteiger partial charge in [0.25, 0.3) is 10.1 Å². The minimum atomic E-state index is -4.79. The highest BCUT2D eigenvalue weighted by Gasteiger charge is 2.61. The van der Waals surface area contributed by atoms with Crippen molar-refractivity contribution in [3.05, 3.63) is 66.2 Å². The summed E-state index contributed by atoms with van der Waals surface area (Å²) in [4.78, 5) is 14.7. The molecule has 16 bridgehead atoms. The second-order valence-corrected chi connectivity index (χ2v) is 33.1. The maximum absolute atomic E-state index is 13.7. The van der Waals surface area contributed by atoms with E-state index in [1.165, 1.54) is 36.4 Å². The molecule has 30 aliphatic rings. The number of hydrogen-bond donors (Lipinski definition) is 23. The van der Waals surface area contributed by atoms with Crippen molar-refractivity contribution >= 4 is 42.6 Å². The van der Waals surface area contributed by atoms with Crippen molar-refractivity contribution in [2.45, 2.75) is 262 Å². The average molecular weight is 1740 g/mol. The van der Waals surface area contributed by atoms with Crippen LogP contribution in [-0.2, 0) is 110 Å². The highest BCUT2D eigenvalue weighted by Crippen LogP contribution is 2.41. The average Bonchev–Trinajstić information content (AvgIpc) is 0.771. The largest absolute Gasteiger partial charge is 0.462 e. The third-order valence-electron chi connectivity index (χ3n) is 21.7. The second-order valence-electron chi connectivity index (χ2n) is 29.7. The Morgan fingerprint density at radius 2 is 0.627 bits per heavy atom. The predicted octanol–water partition coefficient (Wildman–Crippen LogP) is -13.9. The molecule has 30 heterocycles. The van der Waals surface area contributed by atoms with E-state index in [-0.39, 0.29) is 4.90 Å². The molecule has 0 aromatic heterocycles. The Kier molecular flexibility index (Phi) is 30.6. The van der Waals surface area contributed by atoms with E-state index in [0.717, 1.165) is 5.69 Å². The van der Waals surface area contributed by atoms with Crippen molar-refractivity contribution in [1.29, 1.82) is 0 Å². The molecule has 0 aliphatic carbocycles. The molecule has 40 atom stereocenters. The van der Waals surface area contributed by atoms with E-state index < -0.39 is 336 Å². The number of fused-ring (bicyclic) bond motifs is 1. The van der Waals surface area contributed by atoms with Crippen LogP contribution in [0.5, 0.6) is 0 Å². The fourth-order valence-corrected chi connectivity index (χ4v) is 17.0. The van der Waals surface area contributed by atoms with Gasteiger partial charge in [-0.25, -0.2) is 8.42 Å². The molecule has 33 rings (SSSR count). The Labute approximate surface area is 670 Å². The van der Waals surface area contributed by atoms with Crippen LogP contribution in [-0.4, -0.2) is 454 Å². The third-order valence-corrected chi connectivity index (χ3v) is 24.4. The van der Waals surface area contributed by atoms with E-state index in [1.807, 2.05) is 0 Å². The standard InChI is InChI=1S/C69H100N2O45S2/c1-23-7-9-25(10-8-23)118(97,98)100-22-36-61-45(86)53(94)69(108-36)114-59-34(20-77)104-65(49(90)41(59)82)110-55-30(16-73)101-62(46(87)38(55)79)111-56-31(17-74)105-66(50(91)42(56)83)115-60-35(21-99-37(78)14-70-117(95,96)26-11-12-27-24(13-26)5-4-6-28(27)71(2)3)107-68(52(93)44(60)85)113-58-33(19-76)103-64(48(89)40(58)81)109-54-29(15-72)102-63(47(88)39(54)80)112-57-32(18-75)106-67(116-61)51(92)43(57)84/h4-13,29-36,38-70,72-77,79-94H,14-22H2,1-3H3/t29-,30-,31-,32-,33-,34-,35-,36-,38-,39-,40-,41-,42-,43-,44-,45-,46-,47-,48-,49-,50-,51-,52-,53-,54-,55-,56-,57-,58-,59-,60-,61-,62-,63-,64-,65-,66-,67-,68-,69-/m1/s1. The molecule has 0 radical (unpaired) electrons. The van der Waals surface area contributed by atoms with Crippen LogP contribution in [0.25, 0.3) is 10.8 Å². The van der Waals surface area contributed by atoms with Crippen LogP contribution in [0.3, 0.4) is 0 Å². The van der Waals surface area contributed by atoms with Crippen LogP contribution in [0.1, 0.15) is 5.56 Å². The third kappa shape index (κ3) is 19.3. The number of carbonyl (C=O) groups excluding carboxylic acids is 1. The minimum Gasteiger partial charge on any atom is -0.462 e. The Balaban J connectivity index is 0.823. The van der Waals surface area contributed by atoms with Gasteiger partial charge < -0.3 is 198 Å². The summed E-state index contributed by atoms with van der Waals surface area (Å²) in [5.74, 6) is -1.35. The molecule has 30 saturated heterocycles. The molecule has 3 aromatic carbocycles. The Bertz CT molecular complexity index is 3990. The van der Waals surface area contributed by atoms with E-state index in [9.17, 15) is 134 Å². The number of anilines is 1. The van der Waals surface area contributed by atoms with Crippen LogP contribution >= 0.6 is 0 Å². The normalized spacial score (nSPS) is 44.5. The number of ether oxygens (including phenoxy) is 17. The van der Waals surface area contributed by atoms with Gasteiger partial charge in [-0.2, -0.15) is 13.1 Å². The summed E-state index contributed by atoms with van der Waals surface area (Å²) in [7, 11) is -5.73. The molecule has 3 aromatic rings. The van der Waals surface area contributed by atoms with Crippen LogP contribution in [0, 0.1) is 6.92 Å². The second kappa shape index (κ2) is 38.9. The van der Waals surface area contributed by atoms with E-state index >= 15 is 0 Å². The monoisotopic (exact) mass is 1740 g/mol. The summed E-state index contributed by atoms with van der Waals surface area (Å²) < 4.78 is 161. The van der Waals surface area contributed by atoms with E-state index in [2.05, 4.69) is 4.72 Å². The number of esters is 1. The highest BCUT2D eigenvalue weighted by molar-refractivity contribution is 7.89. The van der Waals surface area contributed by atoms with E-state index in [0.29, 0.717) is 16.3 Å². The Hall–Kier alpha value is -4.51. The molecule has 0 unspecified atom stereocenters. The molecular weight excluding hydrogens is 1640 g/mol. The minimum absolute atomic E-state index is 0.278. The maximum Gasteiger partial charge on any atom is 0.321 e. The molecular formula is C69H100N2O45S2. The number of hydrogen-bond acceptors (Lipinski definition) is 46. The fourth-order valence-electron chi connectivity index (χ4n) is 15.1. The van der Waals surface area contributed by atoms with Crippen LogP contribution in [0.15, 0.2) is 70.5 Å². The molecule has 668 valence electrons. The Morgan fingerprint density at radius 1 is 0.356 bits per heavy atom. The van der Waals surface area contributed by atoms with Crippen LogP contribution in [0.4, 0.5) is 5.69 Å². The van der Waals surface area contributed by atoms with Gasteiger partial charge in [-0.3, -0.25) is 8.98 Å². The van der Waals surface area contributed by atoms with Crippen molar-refractivity contribution in [3.8, 4) is 0 Å². The first-order chi connectivity index (χ1) is 56.0. The number of nitrogens with one attached hydrogen (secondary N) is 1. The van der Waals surface area contributed by atoms with Crippen molar-refractivity contribution in [1.82, 2.24) is 4.72 Å². The van der Waals surface area contributed by atoms with Gasteiger partial charge in [-0.15, -0.1) is 0 Å². The van der Waals surface area contributed by atoms with E-state index in [1.54, 1.807) is 50.2 Å². The predicted molar refractivity (Wildman–Crippen MR) is 376 cm³/mol. The molecule has 0 saturated carbocycles. The van der Waals surface area contributed by atoms with Crippen molar-refractivity contribution in [2.75, 3.05) is 78.4 Å². The lowest BCUT2D eigenvalue weighted by atomic mass is 9.94. The zero-order valence-electron chi connectivity index (χ0n) is 62.7. The fraction of sp³-hybridized carbons (Fsp3) is 0.754. The van der Waals surface area contributed by atoms with Crippen LogP contribution in [0.2, 0.25) is 0 Å². The van der Waals surface area contributed by atoms with Gasteiger partial charge in [-0.1, -0.05) is 35.9 Å². The van der Waals surface area contributed by atoms with Crippen molar-refractivity contribution < 1.29 is 219 Å². The number of aliphatic hydroxyl groups is 22. The number of carbonyl (C=O) groups is 1. The topological polar surface area (TPSA) is 712 Å². The first-order valence-corrected chi connectivity index (χ1v) is 40.2.